The van der Waals surface area contributed by atoms with E-state index in [0.717, 1.165) is 12.3 Å². The Morgan fingerprint density at radius 2 is 1.67 bits per heavy atom. The molecule has 2 nitrogen and oxygen atoms in total. The number of halogens is 9. The summed E-state index contributed by atoms with van der Waals surface area (Å²) in [7, 11) is 0. The molecular weight excluding hydrogens is 382 g/mol. The molecule has 1 heterocycles. The van der Waals surface area contributed by atoms with Crippen LogP contribution < -0.4 is 4.74 Å². The lowest BCUT2D eigenvalue weighted by atomic mass is 10.1. The third kappa shape index (κ3) is 3.55. The van der Waals surface area contributed by atoms with Crippen LogP contribution in [0.2, 0.25) is 0 Å². The van der Waals surface area contributed by atoms with Gasteiger partial charge in [-0.15, -0.1) is 0 Å². The Bertz CT molecular complexity index is 478. The molecule has 120 valence electrons. The zero-order valence-electron chi connectivity index (χ0n) is 9.77. The highest BCUT2D eigenvalue weighted by atomic mass is 79.9. The molecule has 0 aliphatic rings. The van der Waals surface area contributed by atoms with Crippen LogP contribution in [-0.2, 0) is 0 Å². The predicted molar refractivity (Wildman–Crippen MR) is 58.3 cm³/mol. The van der Waals surface area contributed by atoms with Crippen molar-refractivity contribution in [3.8, 4) is 5.88 Å². The minimum Gasteiger partial charge on any atom is -0.471 e. The Hall–Kier alpha value is -1.13. The summed E-state index contributed by atoms with van der Waals surface area (Å²) < 4.78 is 105. The molecule has 0 aliphatic heterocycles. The van der Waals surface area contributed by atoms with Gasteiger partial charge in [0.2, 0.25) is 5.88 Å². The molecule has 0 fully saturated rings. The van der Waals surface area contributed by atoms with E-state index in [-0.39, 0.29) is 0 Å². The fourth-order valence-corrected chi connectivity index (χ4v) is 1.32. The van der Waals surface area contributed by atoms with Crippen molar-refractivity contribution in [2.75, 3.05) is 6.61 Å². The van der Waals surface area contributed by atoms with Gasteiger partial charge in [0.15, 0.2) is 6.61 Å². The van der Waals surface area contributed by atoms with Crippen LogP contribution in [-0.4, -0.2) is 35.8 Å². The molecule has 0 bridgehead atoms. The topological polar surface area (TPSA) is 22.1 Å². The first-order valence-electron chi connectivity index (χ1n) is 5.08. The zero-order chi connectivity index (χ0) is 16.5. The molecule has 0 N–H and O–H groups in total. The smallest absolute Gasteiger partial charge is 0.381 e. The molecule has 21 heavy (non-hydrogen) atoms. The molecule has 1 rings (SSSR count). The molecule has 11 heteroatoms. The quantitative estimate of drug-likeness (QED) is 0.675. The molecule has 1 aromatic rings. The summed E-state index contributed by atoms with van der Waals surface area (Å²) in [6, 6.07) is 2.25. The molecule has 0 saturated carbocycles. The summed E-state index contributed by atoms with van der Waals surface area (Å²) >= 11 is 2.94. The Morgan fingerprint density at radius 1 is 1.10 bits per heavy atom. The van der Waals surface area contributed by atoms with Crippen molar-refractivity contribution in [2.24, 2.45) is 0 Å². The number of pyridine rings is 1. The van der Waals surface area contributed by atoms with Gasteiger partial charge in [0.1, 0.15) is 0 Å². The van der Waals surface area contributed by atoms with Gasteiger partial charge in [0.05, 0.1) is 0 Å². The van der Waals surface area contributed by atoms with E-state index in [1.807, 2.05) is 0 Å². The third-order valence-electron chi connectivity index (χ3n) is 2.25. The van der Waals surface area contributed by atoms with Crippen LogP contribution in [0, 0.1) is 0 Å². The molecule has 0 saturated heterocycles. The summed E-state index contributed by atoms with van der Waals surface area (Å²) in [5, 5.41) is 0. The van der Waals surface area contributed by atoms with Crippen LogP contribution in [0.15, 0.2) is 22.8 Å². The van der Waals surface area contributed by atoms with Crippen LogP contribution in [0.4, 0.5) is 35.1 Å². The number of nitrogens with zero attached hydrogens (tertiary/aromatic N) is 1. The average Bonchev–Trinajstić information content (AvgIpc) is 2.37. The third-order valence-corrected chi connectivity index (χ3v) is 2.72. The highest BCUT2D eigenvalue weighted by Crippen LogP contribution is 2.48. The zero-order valence-corrected chi connectivity index (χ0v) is 11.4. The standard InChI is InChI=1S/C10H6BrF8NO/c11-5-1-2-6(20-3-5)21-4-8(14,15)10(18,19)9(16,17)7(12)13/h1-3,7H,4H2. The van der Waals surface area contributed by atoms with Crippen LogP contribution >= 0.6 is 15.9 Å². The first-order valence-corrected chi connectivity index (χ1v) is 5.87. The highest BCUT2D eigenvalue weighted by Gasteiger charge is 2.75. The van der Waals surface area contributed by atoms with E-state index in [0.29, 0.717) is 4.47 Å². The van der Waals surface area contributed by atoms with Gasteiger partial charge in [-0.25, -0.2) is 13.8 Å². The molecule has 1 aromatic heterocycles. The van der Waals surface area contributed by atoms with Crippen LogP contribution in [0.25, 0.3) is 0 Å². The fourth-order valence-electron chi connectivity index (χ4n) is 1.08. The van der Waals surface area contributed by atoms with E-state index in [1.54, 1.807) is 0 Å². The van der Waals surface area contributed by atoms with E-state index >= 15 is 0 Å². The summed E-state index contributed by atoms with van der Waals surface area (Å²) in [5.41, 5.74) is 0. The fraction of sp³-hybridized carbons (Fsp3) is 0.500. The van der Waals surface area contributed by atoms with E-state index in [4.69, 9.17) is 0 Å². The van der Waals surface area contributed by atoms with Gasteiger partial charge in [0.25, 0.3) is 0 Å². The van der Waals surface area contributed by atoms with E-state index < -0.39 is 36.7 Å². The Kier molecular flexibility index (Phi) is 5.06. The van der Waals surface area contributed by atoms with Gasteiger partial charge < -0.3 is 4.74 Å². The lowest BCUT2D eigenvalue weighted by Crippen LogP contribution is -2.59. The molecule has 0 amide bonds. The van der Waals surface area contributed by atoms with E-state index in [2.05, 4.69) is 25.7 Å². The van der Waals surface area contributed by atoms with Crippen molar-refractivity contribution in [1.29, 1.82) is 0 Å². The average molecular weight is 388 g/mol. The second kappa shape index (κ2) is 5.93. The number of rotatable bonds is 6. The minimum atomic E-state index is -6.29. The maximum atomic E-state index is 13.1. The maximum absolute atomic E-state index is 13.1. The monoisotopic (exact) mass is 387 g/mol. The Morgan fingerprint density at radius 3 is 2.10 bits per heavy atom. The first kappa shape index (κ1) is 17.9. The van der Waals surface area contributed by atoms with Gasteiger partial charge in [-0.2, -0.15) is 26.3 Å². The van der Waals surface area contributed by atoms with Crippen molar-refractivity contribution < 1.29 is 39.9 Å². The number of hydrogen-bond acceptors (Lipinski definition) is 2. The van der Waals surface area contributed by atoms with Gasteiger partial charge in [-0.1, -0.05) is 0 Å². The van der Waals surface area contributed by atoms with Gasteiger partial charge in [0, 0.05) is 16.7 Å². The molecule has 0 aliphatic carbocycles. The van der Waals surface area contributed by atoms with Crippen LogP contribution in [0.3, 0.4) is 0 Å². The summed E-state index contributed by atoms with van der Waals surface area (Å²) in [6.07, 6.45) is -3.89. The lowest BCUT2D eigenvalue weighted by Gasteiger charge is -2.31. The normalized spacial score (nSPS) is 13.6. The van der Waals surface area contributed by atoms with E-state index in [1.165, 1.54) is 6.07 Å². The SMILES string of the molecule is FC(F)C(F)(F)C(F)(F)C(F)(F)COc1ccc(Br)cn1. The summed E-state index contributed by atoms with van der Waals surface area (Å²) in [6.45, 7) is -2.24. The number of hydrogen-bond donors (Lipinski definition) is 0. The molecule has 0 atom stereocenters. The highest BCUT2D eigenvalue weighted by molar-refractivity contribution is 9.10. The molecule has 0 unspecified atom stereocenters. The van der Waals surface area contributed by atoms with Gasteiger partial charge in [-0.05, 0) is 22.0 Å². The predicted octanol–water partition coefficient (Wildman–Crippen LogP) is 4.39. The number of ether oxygens (including phenoxy) is 1. The first-order chi connectivity index (χ1) is 9.42. The van der Waals surface area contributed by atoms with Gasteiger partial charge in [-0.3, -0.25) is 0 Å². The maximum Gasteiger partial charge on any atom is 0.381 e. The van der Waals surface area contributed by atoms with Crippen molar-refractivity contribution in [1.82, 2.24) is 4.98 Å². The summed E-state index contributed by atoms with van der Waals surface area (Å²) in [5.74, 6) is -18.6. The lowest BCUT2D eigenvalue weighted by molar-refractivity contribution is -0.342. The molecule has 0 spiro atoms. The molecule has 0 aromatic carbocycles. The van der Waals surface area contributed by atoms with Crippen molar-refractivity contribution in [3.05, 3.63) is 22.8 Å². The largest absolute Gasteiger partial charge is 0.471 e. The van der Waals surface area contributed by atoms with Gasteiger partial charge >= 0.3 is 24.2 Å². The number of alkyl halides is 8. The molecule has 0 radical (unpaired) electrons. The van der Waals surface area contributed by atoms with Crippen LogP contribution in [0.5, 0.6) is 5.88 Å². The minimum absolute atomic E-state index is 0.413. The van der Waals surface area contributed by atoms with E-state index in [9.17, 15) is 35.1 Å². The Balaban J connectivity index is 2.87. The second-order valence-electron chi connectivity index (χ2n) is 3.81. The van der Waals surface area contributed by atoms with Crippen molar-refractivity contribution >= 4 is 15.9 Å². The van der Waals surface area contributed by atoms with Crippen molar-refractivity contribution in [2.45, 2.75) is 24.2 Å². The van der Waals surface area contributed by atoms with Crippen molar-refractivity contribution in [3.63, 3.8) is 0 Å². The van der Waals surface area contributed by atoms with Crippen LogP contribution in [0.1, 0.15) is 0 Å². The second-order valence-corrected chi connectivity index (χ2v) is 4.72. The summed E-state index contributed by atoms with van der Waals surface area (Å²) in [4.78, 5) is 3.38. The Labute approximate surface area is 121 Å². The molecular formula is C10H6BrF8NO. The number of aromatic nitrogens is 1.